The topological polar surface area (TPSA) is 101 Å². The van der Waals surface area contributed by atoms with Crippen LogP contribution in [-0.4, -0.2) is 56.4 Å². The molecule has 192 valence electrons. The summed E-state index contributed by atoms with van der Waals surface area (Å²) in [7, 11) is -3.50. The van der Waals surface area contributed by atoms with Gasteiger partial charge in [-0.2, -0.15) is 4.31 Å². The second-order valence-corrected chi connectivity index (χ2v) is 11.2. The number of hydrogen-bond donors (Lipinski definition) is 2. The lowest BCUT2D eigenvalue weighted by molar-refractivity contribution is -0.123. The maximum Gasteiger partial charge on any atom is 0.257 e. The van der Waals surface area contributed by atoms with Gasteiger partial charge in [0.25, 0.3) is 5.91 Å². The van der Waals surface area contributed by atoms with Crippen LogP contribution >= 0.6 is 11.6 Å². The highest BCUT2D eigenvalue weighted by Gasteiger charge is 2.26. The second-order valence-electron chi connectivity index (χ2n) is 8.83. The quantitative estimate of drug-likeness (QED) is 0.377. The number of ether oxygens (including phenoxy) is 1. The third-order valence-electron chi connectivity index (χ3n) is 6.15. The molecule has 1 aliphatic heterocycles. The smallest absolute Gasteiger partial charge is 0.257 e. The number of carbonyl (C=O) groups is 1. The van der Waals surface area contributed by atoms with Gasteiger partial charge < -0.3 is 15.4 Å². The molecule has 2 heterocycles. The summed E-state index contributed by atoms with van der Waals surface area (Å²) in [6.07, 6.45) is 5.30. The Morgan fingerprint density at radius 3 is 2.67 bits per heavy atom. The lowest BCUT2D eigenvalue weighted by Gasteiger charge is -2.26. The van der Waals surface area contributed by atoms with Crippen molar-refractivity contribution < 1.29 is 17.9 Å². The number of pyridine rings is 1. The van der Waals surface area contributed by atoms with Gasteiger partial charge in [0.1, 0.15) is 5.75 Å². The molecule has 1 saturated heterocycles. The van der Waals surface area contributed by atoms with Crippen LogP contribution in [0.4, 0.5) is 5.69 Å². The average Bonchev–Trinajstić information content (AvgIpc) is 2.88. The summed E-state index contributed by atoms with van der Waals surface area (Å²) in [5, 5.41) is 7.85. The number of rotatable bonds is 10. The molecular formula is C26H31ClN4O4S. The first-order chi connectivity index (χ1) is 17.3. The molecule has 1 aliphatic rings. The van der Waals surface area contributed by atoms with E-state index in [9.17, 15) is 13.2 Å². The molecule has 8 nitrogen and oxygen atoms in total. The first-order valence-corrected chi connectivity index (χ1v) is 13.9. The molecule has 4 rings (SSSR count). The zero-order valence-corrected chi connectivity index (χ0v) is 21.9. The molecule has 2 N–H and O–H groups in total. The fourth-order valence-electron chi connectivity index (χ4n) is 4.21. The molecular weight excluding hydrogens is 500 g/mol. The molecule has 1 fully saturated rings. The molecule has 0 atom stereocenters. The zero-order chi connectivity index (χ0) is 25.5. The predicted molar refractivity (Wildman–Crippen MR) is 142 cm³/mol. The van der Waals surface area contributed by atoms with Crippen LogP contribution in [0.25, 0.3) is 10.9 Å². The van der Waals surface area contributed by atoms with Crippen LogP contribution in [0, 0.1) is 6.92 Å². The molecule has 1 aromatic heterocycles. The molecule has 2 aromatic carbocycles. The van der Waals surface area contributed by atoms with E-state index >= 15 is 0 Å². The number of hydrogen-bond acceptors (Lipinski definition) is 6. The SMILES string of the molecule is Cc1cc(S(=O)(=O)N2CCCCC2)ccc1OCC(=O)NCCCNc1ccnc2cc(Cl)ccc12. The Morgan fingerprint density at radius 1 is 1.08 bits per heavy atom. The van der Waals surface area contributed by atoms with Gasteiger partial charge in [-0.1, -0.05) is 18.0 Å². The molecule has 36 heavy (non-hydrogen) atoms. The number of halogens is 1. The summed E-state index contributed by atoms with van der Waals surface area (Å²) in [6, 6.07) is 12.3. The van der Waals surface area contributed by atoms with Crippen LogP contribution in [-0.2, 0) is 14.8 Å². The monoisotopic (exact) mass is 530 g/mol. The van der Waals surface area contributed by atoms with Crippen molar-refractivity contribution in [1.29, 1.82) is 0 Å². The number of anilines is 1. The standard InChI is InChI=1S/C26H31ClN4O4S/c1-19-16-21(36(33,34)31-14-3-2-4-15-31)7-9-25(19)35-18-26(32)30-12-5-11-28-23-10-13-29-24-17-20(27)6-8-22(23)24/h6-10,13,16-17H,2-5,11-12,14-15,18H2,1H3,(H,28,29)(H,30,32). The predicted octanol–water partition coefficient (Wildman–Crippen LogP) is 4.37. The average molecular weight is 531 g/mol. The third kappa shape index (κ3) is 6.46. The van der Waals surface area contributed by atoms with Crippen LogP contribution < -0.4 is 15.4 Å². The van der Waals surface area contributed by atoms with Crippen LogP contribution in [0.2, 0.25) is 5.02 Å². The third-order valence-corrected chi connectivity index (χ3v) is 8.28. The number of nitrogens with zero attached hydrogens (tertiary/aromatic N) is 2. The molecule has 0 aliphatic carbocycles. The van der Waals surface area contributed by atoms with Crippen molar-refractivity contribution in [2.24, 2.45) is 0 Å². The normalized spacial score (nSPS) is 14.5. The number of nitrogens with one attached hydrogen (secondary N) is 2. The lowest BCUT2D eigenvalue weighted by atomic mass is 10.2. The molecule has 0 bridgehead atoms. The van der Waals surface area contributed by atoms with E-state index in [-0.39, 0.29) is 17.4 Å². The molecule has 0 spiro atoms. The van der Waals surface area contributed by atoms with Gasteiger partial charge in [-0.15, -0.1) is 0 Å². The Bertz CT molecular complexity index is 1330. The van der Waals surface area contributed by atoms with Crippen LogP contribution in [0.1, 0.15) is 31.2 Å². The van der Waals surface area contributed by atoms with E-state index in [4.69, 9.17) is 16.3 Å². The van der Waals surface area contributed by atoms with Crippen molar-refractivity contribution >= 4 is 44.1 Å². The van der Waals surface area contributed by atoms with Crippen molar-refractivity contribution in [3.63, 3.8) is 0 Å². The molecule has 3 aromatic rings. The van der Waals surface area contributed by atoms with Gasteiger partial charge in [-0.05, 0) is 74.2 Å². The van der Waals surface area contributed by atoms with E-state index in [1.54, 1.807) is 35.6 Å². The molecule has 0 radical (unpaired) electrons. The van der Waals surface area contributed by atoms with Gasteiger partial charge >= 0.3 is 0 Å². The zero-order valence-electron chi connectivity index (χ0n) is 20.3. The van der Waals surface area contributed by atoms with Crippen molar-refractivity contribution in [2.75, 3.05) is 38.1 Å². The van der Waals surface area contributed by atoms with E-state index in [1.165, 1.54) is 0 Å². The summed E-state index contributed by atoms with van der Waals surface area (Å²) >= 11 is 6.04. The minimum Gasteiger partial charge on any atom is -0.484 e. The summed E-state index contributed by atoms with van der Waals surface area (Å²) in [5.74, 6) is 0.262. The van der Waals surface area contributed by atoms with E-state index in [0.29, 0.717) is 42.5 Å². The molecule has 0 unspecified atom stereocenters. The van der Waals surface area contributed by atoms with Gasteiger partial charge in [-0.25, -0.2) is 8.42 Å². The molecule has 1 amide bonds. The summed E-state index contributed by atoms with van der Waals surface area (Å²) < 4.78 is 32.9. The number of sulfonamides is 1. The van der Waals surface area contributed by atoms with Crippen LogP contribution in [0.3, 0.4) is 0 Å². The summed E-state index contributed by atoms with van der Waals surface area (Å²) in [4.78, 5) is 16.8. The minimum absolute atomic E-state index is 0.137. The van der Waals surface area contributed by atoms with Crippen molar-refractivity contribution in [3.8, 4) is 5.75 Å². The number of benzene rings is 2. The first kappa shape index (κ1) is 26.2. The maximum absolute atomic E-state index is 12.9. The summed E-state index contributed by atoms with van der Waals surface area (Å²) in [6.45, 7) is 3.94. The summed E-state index contributed by atoms with van der Waals surface area (Å²) in [5.41, 5.74) is 2.47. The number of fused-ring (bicyclic) bond motifs is 1. The number of aromatic nitrogens is 1. The Kier molecular flexibility index (Phi) is 8.66. The largest absolute Gasteiger partial charge is 0.484 e. The Labute approximate surface area is 217 Å². The lowest BCUT2D eigenvalue weighted by Crippen LogP contribution is -2.35. The van der Waals surface area contributed by atoms with Crippen LogP contribution in [0.15, 0.2) is 53.6 Å². The number of amides is 1. The molecule has 10 heteroatoms. The Balaban J connectivity index is 1.21. The second kappa shape index (κ2) is 11.9. The van der Waals surface area contributed by atoms with Gasteiger partial charge in [-0.3, -0.25) is 9.78 Å². The van der Waals surface area contributed by atoms with Crippen molar-refractivity contribution in [1.82, 2.24) is 14.6 Å². The maximum atomic E-state index is 12.9. The Morgan fingerprint density at radius 2 is 1.89 bits per heavy atom. The van der Waals surface area contributed by atoms with E-state index in [2.05, 4.69) is 15.6 Å². The van der Waals surface area contributed by atoms with E-state index in [0.717, 1.165) is 42.3 Å². The number of aryl methyl sites for hydroxylation is 1. The minimum atomic E-state index is -3.50. The highest BCUT2D eigenvalue weighted by molar-refractivity contribution is 7.89. The van der Waals surface area contributed by atoms with Gasteiger partial charge in [0, 0.05) is 48.5 Å². The number of carbonyl (C=O) groups excluding carboxylic acids is 1. The van der Waals surface area contributed by atoms with E-state index < -0.39 is 10.0 Å². The molecule has 0 saturated carbocycles. The fraction of sp³-hybridized carbons (Fsp3) is 0.385. The van der Waals surface area contributed by atoms with Gasteiger partial charge in [0.2, 0.25) is 10.0 Å². The van der Waals surface area contributed by atoms with Gasteiger partial charge in [0.05, 0.1) is 10.4 Å². The number of piperidine rings is 1. The highest BCUT2D eigenvalue weighted by atomic mass is 35.5. The fourth-order valence-corrected chi connectivity index (χ4v) is 5.98. The Hall–Kier alpha value is -2.88. The van der Waals surface area contributed by atoms with Crippen molar-refractivity contribution in [3.05, 3.63) is 59.2 Å². The first-order valence-electron chi connectivity index (χ1n) is 12.1. The van der Waals surface area contributed by atoms with Crippen LogP contribution in [0.5, 0.6) is 5.75 Å². The van der Waals surface area contributed by atoms with Gasteiger partial charge in [0.15, 0.2) is 6.61 Å². The highest BCUT2D eigenvalue weighted by Crippen LogP contribution is 2.26. The van der Waals surface area contributed by atoms with Crippen molar-refractivity contribution in [2.45, 2.75) is 37.5 Å². The van der Waals surface area contributed by atoms with E-state index in [1.807, 2.05) is 24.3 Å².